The quantitative estimate of drug-likeness (QED) is 0.212. The second-order valence-corrected chi connectivity index (χ2v) is 8.35. The molecule has 6 aromatic rings. The van der Waals surface area contributed by atoms with Crippen molar-refractivity contribution in [3.8, 4) is 11.5 Å². The van der Waals surface area contributed by atoms with Gasteiger partial charge in [-0.25, -0.2) is 0 Å². The Morgan fingerprint density at radius 3 is 1.44 bits per heavy atom. The summed E-state index contributed by atoms with van der Waals surface area (Å²) in [7, 11) is 0. The predicted molar refractivity (Wildman–Crippen MR) is 161 cm³/mol. The van der Waals surface area contributed by atoms with Gasteiger partial charge < -0.3 is 10.2 Å². The lowest BCUT2D eigenvalue weighted by Crippen LogP contribution is -1.83. The number of hydrogen-bond donors (Lipinski definition) is 2. The third-order valence-electron chi connectivity index (χ3n) is 5.27. The summed E-state index contributed by atoms with van der Waals surface area (Å²) in [5.41, 5.74) is 0. The van der Waals surface area contributed by atoms with Crippen LogP contribution in [0.5, 0.6) is 11.5 Å². The highest BCUT2D eigenvalue weighted by Crippen LogP contribution is 2.37. The summed E-state index contributed by atoms with van der Waals surface area (Å²) in [6.07, 6.45) is 2.50. The van der Waals surface area contributed by atoms with E-state index in [4.69, 9.17) is 0 Å². The second kappa shape index (κ2) is 14.6. The molecule has 0 spiro atoms. The average Bonchev–Trinajstić information content (AvgIpc) is 2.91. The van der Waals surface area contributed by atoms with Crippen molar-refractivity contribution in [2.45, 2.75) is 54.4 Å². The second-order valence-electron chi connectivity index (χ2n) is 8.35. The highest BCUT2D eigenvalue weighted by atomic mass is 16.3. The van der Waals surface area contributed by atoms with Crippen molar-refractivity contribution in [2.75, 3.05) is 0 Å². The molecule has 0 saturated carbocycles. The summed E-state index contributed by atoms with van der Waals surface area (Å²) >= 11 is 0. The third-order valence-corrected chi connectivity index (χ3v) is 5.27. The van der Waals surface area contributed by atoms with Crippen LogP contribution in [0.1, 0.15) is 54.4 Å². The molecule has 0 aromatic heterocycles. The molecule has 2 nitrogen and oxygen atoms in total. The summed E-state index contributed by atoms with van der Waals surface area (Å²) in [6, 6.07) is 31.7. The van der Waals surface area contributed by atoms with E-state index in [9.17, 15) is 10.2 Å². The van der Waals surface area contributed by atoms with Crippen LogP contribution in [0, 0.1) is 0 Å². The SMILES string of the molecule is CC.CCC.CCC.Oc1ccc2ccc3cccc4ccc1c2c34.Oc1cccc2ccccc12. The van der Waals surface area contributed by atoms with Crippen molar-refractivity contribution in [3.05, 3.63) is 97.1 Å². The summed E-state index contributed by atoms with van der Waals surface area (Å²) in [6.45, 7) is 12.5. The Labute approximate surface area is 216 Å². The highest BCUT2D eigenvalue weighted by Gasteiger charge is 2.09. The number of rotatable bonds is 0. The van der Waals surface area contributed by atoms with Crippen LogP contribution in [0.15, 0.2) is 97.1 Å². The minimum Gasteiger partial charge on any atom is -0.507 e. The summed E-state index contributed by atoms with van der Waals surface area (Å²) in [4.78, 5) is 0. The van der Waals surface area contributed by atoms with Gasteiger partial charge in [0.2, 0.25) is 0 Å². The van der Waals surface area contributed by atoms with Crippen LogP contribution in [0.2, 0.25) is 0 Å². The fourth-order valence-electron chi connectivity index (χ4n) is 3.93. The van der Waals surface area contributed by atoms with Gasteiger partial charge in [0, 0.05) is 16.2 Å². The first-order valence-corrected chi connectivity index (χ1v) is 13.1. The maximum Gasteiger partial charge on any atom is 0.123 e. The van der Waals surface area contributed by atoms with Gasteiger partial charge in [-0.15, -0.1) is 0 Å². The van der Waals surface area contributed by atoms with Gasteiger partial charge in [-0.2, -0.15) is 0 Å². The number of benzene rings is 6. The van der Waals surface area contributed by atoms with E-state index in [-0.39, 0.29) is 0 Å². The molecule has 0 aliphatic rings. The van der Waals surface area contributed by atoms with Crippen LogP contribution >= 0.6 is 0 Å². The van der Waals surface area contributed by atoms with E-state index < -0.39 is 0 Å². The molecule has 0 bridgehead atoms. The zero-order valence-corrected chi connectivity index (χ0v) is 22.5. The number of hydrogen-bond acceptors (Lipinski definition) is 2. The summed E-state index contributed by atoms with van der Waals surface area (Å²) in [5.74, 6) is 0.707. The molecule has 0 amide bonds. The van der Waals surface area contributed by atoms with E-state index in [1.807, 2.05) is 62.4 Å². The largest absolute Gasteiger partial charge is 0.507 e. The molecule has 6 aromatic carbocycles. The Kier molecular flexibility index (Phi) is 11.5. The van der Waals surface area contributed by atoms with Gasteiger partial charge in [-0.3, -0.25) is 0 Å². The lowest BCUT2D eigenvalue weighted by Gasteiger charge is -2.11. The van der Waals surface area contributed by atoms with E-state index >= 15 is 0 Å². The van der Waals surface area contributed by atoms with Crippen molar-refractivity contribution in [1.29, 1.82) is 0 Å². The third kappa shape index (κ3) is 6.66. The van der Waals surface area contributed by atoms with E-state index in [1.165, 1.54) is 39.8 Å². The molecule has 0 aliphatic heterocycles. The molecule has 0 radical (unpaired) electrons. The molecule has 0 atom stereocenters. The molecule has 188 valence electrons. The first-order valence-electron chi connectivity index (χ1n) is 13.1. The Morgan fingerprint density at radius 1 is 0.417 bits per heavy atom. The number of aromatic hydroxyl groups is 2. The minimum absolute atomic E-state index is 0.350. The van der Waals surface area contributed by atoms with Crippen LogP contribution < -0.4 is 0 Å². The Hall–Kier alpha value is -3.78. The Bertz CT molecular complexity index is 1440. The smallest absolute Gasteiger partial charge is 0.123 e. The topological polar surface area (TPSA) is 40.5 Å². The first-order chi connectivity index (χ1) is 17.5. The van der Waals surface area contributed by atoms with E-state index in [1.54, 1.807) is 12.1 Å². The van der Waals surface area contributed by atoms with E-state index in [2.05, 4.69) is 64.1 Å². The molecule has 2 heteroatoms. The monoisotopic (exact) mass is 480 g/mol. The summed E-state index contributed by atoms with van der Waals surface area (Å²) < 4.78 is 0. The van der Waals surface area contributed by atoms with E-state index in [0.29, 0.717) is 11.5 Å². The van der Waals surface area contributed by atoms with Crippen LogP contribution in [0.3, 0.4) is 0 Å². The van der Waals surface area contributed by atoms with Crippen molar-refractivity contribution < 1.29 is 10.2 Å². The molecule has 0 fully saturated rings. The van der Waals surface area contributed by atoms with Gasteiger partial charge in [-0.1, -0.05) is 139 Å². The van der Waals surface area contributed by atoms with Gasteiger partial charge >= 0.3 is 0 Å². The fourth-order valence-corrected chi connectivity index (χ4v) is 3.93. The molecule has 0 saturated heterocycles. The number of phenolic OH excluding ortho intramolecular Hbond substituents is 2. The van der Waals surface area contributed by atoms with Gasteiger partial charge in [0.05, 0.1) is 0 Å². The van der Waals surface area contributed by atoms with Crippen LogP contribution in [0.25, 0.3) is 43.1 Å². The summed E-state index contributed by atoms with van der Waals surface area (Å²) in [5, 5.41) is 28.3. The zero-order valence-electron chi connectivity index (χ0n) is 22.5. The van der Waals surface area contributed by atoms with Crippen molar-refractivity contribution in [3.63, 3.8) is 0 Å². The lowest BCUT2D eigenvalue weighted by molar-refractivity contribution is 0.481. The predicted octanol–water partition coefficient (Wildman–Crippen LogP) is 10.7. The fraction of sp³-hybridized carbons (Fsp3) is 0.235. The van der Waals surface area contributed by atoms with Gasteiger partial charge in [0.25, 0.3) is 0 Å². The molecule has 0 heterocycles. The minimum atomic E-state index is 0.350. The molecular weight excluding hydrogens is 440 g/mol. The molecule has 6 rings (SSSR count). The van der Waals surface area contributed by atoms with Crippen LogP contribution in [-0.2, 0) is 0 Å². The number of fused-ring (bicyclic) bond motifs is 1. The maximum absolute atomic E-state index is 9.95. The maximum atomic E-state index is 9.95. The number of phenols is 2. The Balaban J connectivity index is 0.000000208. The normalized spacial score (nSPS) is 9.83. The van der Waals surface area contributed by atoms with Crippen molar-refractivity contribution >= 4 is 43.1 Å². The molecular formula is C34H40O2. The Morgan fingerprint density at radius 2 is 0.833 bits per heavy atom. The van der Waals surface area contributed by atoms with Gasteiger partial charge in [-0.05, 0) is 39.1 Å². The van der Waals surface area contributed by atoms with Crippen molar-refractivity contribution in [1.82, 2.24) is 0 Å². The highest BCUT2D eigenvalue weighted by molar-refractivity contribution is 6.24. The average molecular weight is 481 g/mol. The first kappa shape index (κ1) is 28.5. The van der Waals surface area contributed by atoms with Crippen molar-refractivity contribution in [2.24, 2.45) is 0 Å². The molecule has 0 aliphatic carbocycles. The molecule has 36 heavy (non-hydrogen) atoms. The van der Waals surface area contributed by atoms with Gasteiger partial charge in [0.15, 0.2) is 0 Å². The standard InChI is InChI=1S/C16H10O.C10H8O.2C3H8.C2H6/c17-14-9-7-12-5-4-10-2-1-3-11-6-8-13(14)16(12)15(10)11;11-10-7-3-5-8-4-1-2-6-9(8)10;2*1-3-2;1-2/h1-9,17H;1-7,11H;2*3H2,1-2H3;1-2H3. The zero-order chi connectivity index (χ0) is 26.5. The van der Waals surface area contributed by atoms with Crippen LogP contribution in [0.4, 0.5) is 0 Å². The molecule has 0 unspecified atom stereocenters. The van der Waals surface area contributed by atoms with Crippen LogP contribution in [-0.4, -0.2) is 10.2 Å². The van der Waals surface area contributed by atoms with Gasteiger partial charge in [0.1, 0.15) is 11.5 Å². The van der Waals surface area contributed by atoms with E-state index in [0.717, 1.165) is 16.2 Å². The lowest BCUT2D eigenvalue weighted by atomic mass is 9.94. The molecule has 2 N–H and O–H groups in total.